The van der Waals surface area contributed by atoms with Gasteiger partial charge in [-0.05, 0) is 30.4 Å². The number of thiazole rings is 1. The number of hydrogen-bond acceptors (Lipinski definition) is 5. The van der Waals surface area contributed by atoms with Gasteiger partial charge in [0, 0.05) is 16.8 Å². The summed E-state index contributed by atoms with van der Waals surface area (Å²) in [6.07, 6.45) is 0.700. The van der Waals surface area contributed by atoms with E-state index in [1.807, 2.05) is 12.3 Å². The second-order valence-corrected chi connectivity index (χ2v) is 6.60. The van der Waals surface area contributed by atoms with Crippen molar-refractivity contribution in [2.45, 2.75) is 19.4 Å². The van der Waals surface area contributed by atoms with Crippen molar-refractivity contribution < 1.29 is 14.7 Å². The number of hydrogen-bond donors (Lipinski definition) is 1. The Morgan fingerprint density at radius 2 is 2.25 bits per heavy atom. The van der Waals surface area contributed by atoms with Crippen LogP contribution in [0, 0.1) is 6.92 Å². The summed E-state index contributed by atoms with van der Waals surface area (Å²) in [6, 6.07) is 0.893. The second-order valence-electron chi connectivity index (χ2n) is 4.54. The number of thiophene rings is 1. The smallest absolute Gasteiger partial charge is 0.331 e. The minimum absolute atomic E-state index is 0.307. The summed E-state index contributed by atoms with van der Waals surface area (Å²) < 4.78 is 0. The van der Waals surface area contributed by atoms with Crippen molar-refractivity contribution in [3.8, 4) is 0 Å². The van der Waals surface area contributed by atoms with Crippen molar-refractivity contribution in [1.29, 1.82) is 0 Å². The molecule has 0 spiro atoms. The standard InChI is InChI=1S/C13H12N2O3S2/c1-7-14-9(6-20-7)12(16)15-4-2-10-8(3-5-19-10)11(15)13(17)18/h3,5-6,11H,2,4H2,1H3,(H,17,18). The van der Waals surface area contributed by atoms with Crippen LogP contribution in [0.5, 0.6) is 0 Å². The first-order chi connectivity index (χ1) is 9.58. The van der Waals surface area contributed by atoms with E-state index in [1.165, 1.54) is 16.2 Å². The summed E-state index contributed by atoms with van der Waals surface area (Å²) in [5, 5.41) is 13.8. The molecule has 20 heavy (non-hydrogen) atoms. The van der Waals surface area contributed by atoms with Gasteiger partial charge in [-0.15, -0.1) is 22.7 Å². The first kappa shape index (κ1) is 13.3. The van der Waals surface area contributed by atoms with E-state index in [0.717, 1.165) is 15.4 Å². The van der Waals surface area contributed by atoms with Gasteiger partial charge in [-0.1, -0.05) is 0 Å². The van der Waals surface area contributed by atoms with Gasteiger partial charge in [-0.25, -0.2) is 9.78 Å². The topological polar surface area (TPSA) is 70.5 Å². The Hall–Kier alpha value is -1.73. The van der Waals surface area contributed by atoms with Gasteiger partial charge >= 0.3 is 5.97 Å². The molecule has 0 aromatic carbocycles. The highest BCUT2D eigenvalue weighted by molar-refractivity contribution is 7.10. The van der Waals surface area contributed by atoms with Crippen molar-refractivity contribution in [3.63, 3.8) is 0 Å². The number of nitrogens with zero attached hydrogens (tertiary/aromatic N) is 2. The number of fused-ring (bicyclic) bond motifs is 1. The zero-order valence-electron chi connectivity index (χ0n) is 10.7. The van der Waals surface area contributed by atoms with E-state index in [2.05, 4.69) is 4.98 Å². The zero-order chi connectivity index (χ0) is 14.3. The molecule has 1 amide bonds. The van der Waals surface area contributed by atoms with E-state index in [1.54, 1.807) is 22.8 Å². The van der Waals surface area contributed by atoms with Gasteiger partial charge in [0.15, 0.2) is 6.04 Å². The summed E-state index contributed by atoms with van der Waals surface area (Å²) in [4.78, 5) is 30.6. The van der Waals surface area contributed by atoms with Gasteiger partial charge < -0.3 is 10.0 Å². The lowest BCUT2D eigenvalue weighted by Crippen LogP contribution is -2.43. The summed E-state index contributed by atoms with van der Waals surface area (Å²) in [5.41, 5.74) is 1.06. The zero-order valence-corrected chi connectivity index (χ0v) is 12.3. The van der Waals surface area contributed by atoms with E-state index in [4.69, 9.17) is 0 Å². The fourth-order valence-corrected chi connectivity index (χ4v) is 3.90. The highest BCUT2D eigenvalue weighted by Gasteiger charge is 2.37. The van der Waals surface area contributed by atoms with Crippen molar-refractivity contribution in [2.75, 3.05) is 6.54 Å². The van der Waals surface area contributed by atoms with Crippen LogP contribution >= 0.6 is 22.7 Å². The number of aryl methyl sites for hydroxylation is 1. The molecule has 3 heterocycles. The van der Waals surface area contributed by atoms with Crippen LogP contribution in [0.1, 0.15) is 32.0 Å². The molecular weight excluding hydrogens is 296 g/mol. The molecule has 0 fully saturated rings. The van der Waals surface area contributed by atoms with Crippen molar-refractivity contribution >= 4 is 34.6 Å². The number of carboxylic acids is 1. The maximum Gasteiger partial charge on any atom is 0.331 e. The third-order valence-electron chi connectivity index (χ3n) is 3.30. The molecule has 0 bridgehead atoms. The number of carbonyl (C=O) groups excluding carboxylic acids is 1. The first-order valence-corrected chi connectivity index (χ1v) is 7.86. The van der Waals surface area contributed by atoms with Crippen LogP contribution in [0.2, 0.25) is 0 Å². The van der Waals surface area contributed by atoms with Crippen molar-refractivity contribution in [2.24, 2.45) is 0 Å². The average Bonchev–Trinajstić information content (AvgIpc) is 3.04. The highest BCUT2D eigenvalue weighted by atomic mass is 32.1. The number of aliphatic carboxylic acids is 1. The van der Waals surface area contributed by atoms with Gasteiger partial charge in [0.05, 0.1) is 5.01 Å². The molecule has 0 saturated carbocycles. The number of amides is 1. The molecule has 1 unspecified atom stereocenters. The van der Waals surface area contributed by atoms with Crippen molar-refractivity contribution in [3.05, 3.63) is 38.0 Å². The van der Waals surface area contributed by atoms with Crippen LogP contribution in [0.4, 0.5) is 0 Å². The van der Waals surface area contributed by atoms with Crippen LogP contribution in [-0.2, 0) is 11.2 Å². The molecule has 1 N–H and O–H groups in total. The molecular formula is C13H12N2O3S2. The quantitative estimate of drug-likeness (QED) is 0.924. The Balaban J connectivity index is 1.97. The van der Waals surface area contributed by atoms with E-state index in [9.17, 15) is 14.7 Å². The van der Waals surface area contributed by atoms with Crippen LogP contribution in [-0.4, -0.2) is 33.4 Å². The monoisotopic (exact) mass is 308 g/mol. The fourth-order valence-electron chi connectivity index (χ4n) is 2.41. The van der Waals surface area contributed by atoms with E-state index in [0.29, 0.717) is 18.7 Å². The Kier molecular flexibility index (Phi) is 3.31. The van der Waals surface area contributed by atoms with Gasteiger partial charge in [0.25, 0.3) is 5.91 Å². The molecule has 2 aromatic heterocycles. The Labute approximate surface area is 123 Å². The predicted molar refractivity (Wildman–Crippen MR) is 76.3 cm³/mol. The van der Waals surface area contributed by atoms with Gasteiger partial charge in [0.1, 0.15) is 5.69 Å². The molecule has 1 atom stereocenters. The molecule has 7 heteroatoms. The summed E-state index contributed by atoms with van der Waals surface area (Å²) in [5.74, 6) is -1.30. The van der Waals surface area contributed by atoms with E-state index in [-0.39, 0.29) is 5.91 Å². The molecule has 0 saturated heterocycles. The average molecular weight is 308 g/mol. The normalized spacial score (nSPS) is 17.9. The minimum atomic E-state index is -0.996. The molecule has 104 valence electrons. The third-order valence-corrected chi connectivity index (χ3v) is 5.07. The van der Waals surface area contributed by atoms with Crippen LogP contribution in [0.15, 0.2) is 16.8 Å². The summed E-state index contributed by atoms with van der Waals surface area (Å²) in [6.45, 7) is 2.24. The molecule has 1 aliphatic heterocycles. The Morgan fingerprint density at radius 1 is 1.45 bits per heavy atom. The number of carboxylic acid groups (broad SMARTS) is 1. The molecule has 1 aliphatic rings. The molecule has 0 radical (unpaired) electrons. The molecule has 3 rings (SSSR count). The summed E-state index contributed by atoms with van der Waals surface area (Å²) in [7, 11) is 0. The fraction of sp³-hybridized carbons (Fsp3) is 0.308. The van der Waals surface area contributed by atoms with Gasteiger partial charge in [0.2, 0.25) is 0 Å². The number of rotatable bonds is 2. The van der Waals surface area contributed by atoms with Crippen LogP contribution < -0.4 is 0 Å². The van der Waals surface area contributed by atoms with Crippen LogP contribution in [0.25, 0.3) is 0 Å². The number of aromatic nitrogens is 1. The molecule has 2 aromatic rings. The summed E-state index contributed by atoms with van der Waals surface area (Å²) >= 11 is 2.93. The molecule has 0 aliphatic carbocycles. The third kappa shape index (κ3) is 2.12. The number of carbonyl (C=O) groups is 2. The second kappa shape index (κ2) is 4.99. The van der Waals surface area contributed by atoms with Gasteiger partial charge in [-0.2, -0.15) is 0 Å². The first-order valence-electron chi connectivity index (χ1n) is 6.10. The predicted octanol–water partition coefficient (Wildman–Crippen LogP) is 2.34. The Bertz CT molecular complexity index is 677. The van der Waals surface area contributed by atoms with E-state index < -0.39 is 12.0 Å². The minimum Gasteiger partial charge on any atom is -0.479 e. The molecule has 5 nitrogen and oxygen atoms in total. The van der Waals surface area contributed by atoms with E-state index >= 15 is 0 Å². The lowest BCUT2D eigenvalue weighted by Gasteiger charge is -2.32. The van der Waals surface area contributed by atoms with Crippen molar-refractivity contribution in [1.82, 2.24) is 9.88 Å². The maximum absolute atomic E-state index is 12.5. The lowest BCUT2D eigenvalue weighted by atomic mass is 9.99. The largest absolute Gasteiger partial charge is 0.479 e. The lowest BCUT2D eigenvalue weighted by molar-refractivity contribution is -0.142. The SMILES string of the molecule is Cc1nc(C(=O)N2CCc3sccc3C2C(=O)O)cs1. The Morgan fingerprint density at radius 3 is 2.90 bits per heavy atom. The van der Waals surface area contributed by atoms with Gasteiger partial charge in [-0.3, -0.25) is 4.79 Å². The maximum atomic E-state index is 12.5. The highest BCUT2D eigenvalue weighted by Crippen LogP contribution is 2.34. The van der Waals surface area contributed by atoms with Crippen LogP contribution in [0.3, 0.4) is 0 Å².